The molecule has 1 aliphatic heterocycles. The highest BCUT2D eigenvalue weighted by molar-refractivity contribution is 5.82. The second-order valence-electron chi connectivity index (χ2n) is 12.1. The van der Waals surface area contributed by atoms with E-state index in [1.807, 2.05) is 44.1 Å². The topological polar surface area (TPSA) is 91.6 Å². The number of amides is 1. The SMILES string of the molecule is Cc1ccc(C(c2ccc3c(nnn3C)c2C)C(C)(C)C(=O)O)cc1CN1CC(=O)N(C)CC(C)(C)C1. The van der Waals surface area contributed by atoms with E-state index in [1.54, 1.807) is 18.5 Å². The van der Waals surface area contributed by atoms with E-state index in [4.69, 9.17) is 0 Å². The van der Waals surface area contributed by atoms with Gasteiger partial charge in [0.05, 0.1) is 17.5 Å². The number of carboxylic acids is 1. The molecule has 0 aliphatic carbocycles. The largest absolute Gasteiger partial charge is 0.481 e. The molecule has 1 fully saturated rings. The highest BCUT2D eigenvalue weighted by atomic mass is 16.4. The van der Waals surface area contributed by atoms with Crippen LogP contribution in [-0.4, -0.2) is 68.5 Å². The van der Waals surface area contributed by atoms with Crippen molar-refractivity contribution in [2.45, 2.75) is 54.0 Å². The van der Waals surface area contributed by atoms with Crippen molar-refractivity contribution in [2.75, 3.05) is 26.7 Å². The Kier molecular flexibility index (Phi) is 6.92. The van der Waals surface area contributed by atoms with E-state index in [0.29, 0.717) is 13.1 Å². The number of aliphatic carboxylic acids is 1. The second-order valence-corrected chi connectivity index (χ2v) is 12.1. The molecule has 0 bridgehead atoms. The van der Waals surface area contributed by atoms with Crippen LogP contribution in [0.15, 0.2) is 30.3 Å². The summed E-state index contributed by atoms with van der Waals surface area (Å²) in [5.74, 6) is -1.14. The second kappa shape index (κ2) is 9.56. The van der Waals surface area contributed by atoms with Crippen molar-refractivity contribution in [1.29, 1.82) is 0 Å². The number of aromatic nitrogens is 3. The van der Waals surface area contributed by atoms with E-state index in [-0.39, 0.29) is 11.3 Å². The number of carboxylic acid groups (broad SMARTS) is 1. The number of rotatable bonds is 6. The lowest BCUT2D eigenvalue weighted by molar-refractivity contribution is -0.147. The first kappa shape index (κ1) is 26.8. The van der Waals surface area contributed by atoms with Crippen molar-refractivity contribution in [3.05, 3.63) is 58.1 Å². The average molecular weight is 506 g/mol. The van der Waals surface area contributed by atoms with Gasteiger partial charge in [0.25, 0.3) is 0 Å². The molecule has 1 atom stereocenters. The number of fused-ring (bicyclic) bond motifs is 1. The van der Waals surface area contributed by atoms with E-state index >= 15 is 0 Å². The van der Waals surface area contributed by atoms with Gasteiger partial charge in [0.1, 0.15) is 5.52 Å². The standard InChI is InChI=1S/C29H39N5O3/c1-18-9-10-20(13-21(18)14-34-15-24(35)32(7)16-28(3,4)17-34)25(29(5,6)27(36)37)22-11-12-23-26(19(22)2)30-31-33(23)8/h9-13,25H,14-17H2,1-8H3,(H,36,37). The molecule has 1 aromatic heterocycles. The lowest BCUT2D eigenvalue weighted by atomic mass is 9.69. The third-order valence-electron chi connectivity index (χ3n) is 7.86. The Bertz CT molecular complexity index is 1360. The Hall–Kier alpha value is -3.26. The summed E-state index contributed by atoms with van der Waals surface area (Å²) in [5.41, 5.74) is 5.65. The van der Waals surface area contributed by atoms with E-state index in [1.165, 1.54) is 0 Å². The molecule has 1 N–H and O–H groups in total. The molecule has 8 heteroatoms. The Balaban J connectivity index is 1.79. The summed E-state index contributed by atoms with van der Waals surface area (Å²) in [7, 11) is 3.72. The molecule has 37 heavy (non-hydrogen) atoms. The zero-order valence-electron chi connectivity index (χ0n) is 23.3. The number of benzene rings is 2. The normalized spacial score (nSPS) is 17.7. The molecule has 8 nitrogen and oxygen atoms in total. The van der Waals surface area contributed by atoms with Gasteiger partial charge in [-0.25, -0.2) is 4.68 Å². The van der Waals surface area contributed by atoms with Gasteiger partial charge in [-0.05, 0) is 67.0 Å². The van der Waals surface area contributed by atoms with Crippen LogP contribution in [0.4, 0.5) is 0 Å². The highest BCUT2D eigenvalue weighted by Gasteiger charge is 2.40. The first-order chi connectivity index (χ1) is 17.2. The van der Waals surface area contributed by atoms with Gasteiger partial charge < -0.3 is 10.0 Å². The molecule has 2 heterocycles. The van der Waals surface area contributed by atoms with Gasteiger partial charge in [0, 0.05) is 39.6 Å². The van der Waals surface area contributed by atoms with Crippen LogP contribution in [0, 0.1) is 24.7 Å². The Morgan fingerprint density at radius 2 is 1.84 bits per heavy atom. The Morgan fingerprint density at radius 3 is 2.51 bits per heavy atom. The molecule has 0 radical (unpaired) electrons. The zero-order valence-corrected chi connectivity index (χ0v) is 23.3. The highest BCUT2D eigenvalue weighted by Crippen LogP contribution is 2.44. The first-order valence-corrected chi connectivity index (χ1v) is 12.8. The zero-order chi connectivity index (χ0) is 27.3. The fourth-order valence-corrected chi connectivity index (χ4v) is 5.82. The number of nitrogens with zero attached hydrogens (tertiary/aromatic N) is 5. The summed E-state index contributed by atoms with van der Waals surface area (Å²) in [4.78, 5) is 29.3. The van der Waals surface area contributed by atoms with E-state index in [2.05, 4.69) is 48.1 Å². The molecule has 1 unspecified atom stereocenters. The average Bonchev–Trinajstić information content (AvgIpc) is 3.13. The molecule has 3 aromatic rings. The third kappa shape index (κ3) is 5.12. The van der Waals surface area contributed by atoms with Crippen LogP contribution in [-0.2, 0) is 23.2 Å². The number of likely N-dealkylation sites (N-methyl/N-ethyl adjacent to an activating group) is 1. The summed E-state index contributed by atoms with van der Waals surface area (Å²) in [5, 5.41) is 18.8. The van der Waals surface area contributed by atoms with Crippen LogP contribution >= 0.6 is 0 Å². The fraction of sp³-hybridized carbons (Fsp3) is 0.517. The number of hydrogen-bond acceptors (Lipinski definition) is 5. The molecule has 1 amide bonds. The predicted molar refractivity (Wildman–Crippen MR) is 144 cm³/mol. The number of aryl methyl sites for hydroxylation is 3. The molecule has 1 saturated heterocycles. The lowest BCUT2D eigenvalue weighted by Crippen LogP contribution is -2.35. The van der Waals surface area contributed by atoms with Crippen molar-refractivity contribution in [1.82, 2.24) is 24.8 Å². The van der Waals surface area contributed by atoms with Crippen LogP contribution in [0.1, 0.15) is 61.4 Å². The monoisotopic (exact) mass is 505 g/mol. The molecule has 1 aliphatic rings. The maximum Gasteiger partial charge on any atom is 0.310 e. The maximum atomic E-state index is 12.7. The van der Waals surface area contributed by atoms with E-state index < -0.39 is 17.3 Å². The summed E-state index contributed by atoms with van der Waals surface area (Å²) in [6.07, 6.45) is 0. The fourth-order valence-electron chi connectivity index (χ4n) is 5.82. The lowest BCUT2D eigenvalue weighted by Gasteiger charge is -2.33. The minimum Gasteiger partial charge on any atom is -0.481 e. The summed E-state index contributed by atoms with van der Waals surface area (Å²) >= 11 is 0. The van der Waals surface area contributed by atoms with Crippen molar-refractivity contribution < 1.29 is 14.7 Å². The minimum absolute atomic E-state index is 0.0243. The number of carbonyl (C=O) groups excluding carboxylic acids is 1. The number of hydrogen-bond donors (Lipinski definition) is 1. The number of carbonyl (C=O) groups is 2. The van der Waals surface area contributed by atoms with Crippen LogP contribution in [0.5, 0.6) is 0 Å². The molecule has 0 spiro atoms. The van der Waals surface area contributed by atoms with Gasteiger partial charge in [-0.2, -0.15) is 0 Å². The van der Waals surface area contributed by atoms with Gasteiger partial charge in [-0.3, -0.25) is 14.5 Å². The van der Waals surface area contributed by atoms with Gasteiger partial charge in [-0.15, -0.1) is 5.10 Å². The van der Waals surface area contributed by atoms with E-state index in [9.17, 15) is 14.7 Å². The predicted octanol–water partition coefficient (Wildman–Crippen LogP) is 4.13. The molecule has 198 valence electrons. The Labute approximate surface area is 219 Å². The van der Waals surface area contributed by atoms with Crippen LogP contribution in [0.3, 0.4) is 0 Å². The minimum atomic E-state index is -1.07. The Morgan fingerprint density at radius 1 is 1.14 bits per heavy atom. The van der Waals surface area contributed by atoms with Gasteiger partial charge in [0.15, 0.2) is 0 Å². The van der Waals surface area contributed by atoms with Gasteiger partial charge in [0.2, 0.25) is 5.91 Å². The smallest absolute Gasteiger partial charge is 0.310 e. The quantitative estimate of drug-likeness (QED) is 0.542. The maximum absolute atomic E-state index is 12.7. The van der Waals surface area contributed by atoms with E-state index in [0.717, 1.165) is 51.9 Å². The van der Waals surface area contributed by atoms with Crippen molar-refractivity contribution >= 4 is 22.9 Å². The first-order valence-electron chi connectivity index (χ1n) is 12.8. The van der Waals surface area contributed by atoms with Crippen LogP contribution in [0.2, 0.25) is 0 Å². The molecular weight excluding hydrogens is 466 g/mol. The third-order valence-corrected chi connectivity index (χ3v) is 7.86. The summed E-state index contributed by atoms with van der Waals surface area (Å²) in [6, 6.07) is 10.2. The summed E-state index contributed by atoms with van der Waals surface area (Å²) < 4.78 is 1.73. The van der Waals surface area contributed by atoms with Crippen molar-refractivity contribution in [3.63, 3.8) is 0 Å². The molecule has 0 saturated carbocycles. The van der Waals surface area contributed by atoms with Crippen LogP contribution < -0.4 is 0 Å². The van der Waals surface area contributed by atoms with Crippen LogP contribution in [0.25, 0.3) is 11.0 Å². The summed E-state index contributed by atoms with van der Waals surface area (Å²) in [6.45, 7) is 14.5. The molecule has 2 aromatic carbocycles. The van der Waals surface area contributed by atoms with Crippen molar-refractivity contribution in [3.8, 4) is 0 Å². The van der Waals surface area contributed by atoms with Gasteiger partial charge >= 0.3 is 5.97 Å². The van der Waals surface area contributed by atoms with Crippen molar-refractivity contribution in [2.24, 2.45) is 17.9 Å². The van der Waals surface area contributed by atoms with Gasteiger partial charge in [-0.1, -0.05) is 43.3 Å². The molecular formula is C29H39N5O3. The molecule has 4 rings (SSSR count).